The van der Waals surface area contributed by atoms with Gasteiger partial charge in [0.15, 0.2) is 0 Å². The van der Waals surface area contributed by atoms with Crippen LogP contribution in [0.4, 0.5) is 5.69 Å². The minimum Gasteiger partial charge on any atom is -0.378 e. The highest BCUT2D eigenvalue weighted by Gasteiger charge is 2.12. The van der Waals surface area contributed by atoms with Crippen molar-refractivity contribution >= 4 is 28.9 Å². The van der Waals surface area contributed by atoms with Gasteiger partial charge in [-0.15, -0.1) is 0 Å². The van der Waals surface area contributed by atoms with Crippen molar-refractivity contribution in [3.63, 3.8) is 0 Å². The van der Waals surface area contributed by atoms with Crippen LogP contribution in [0, 0.1) is 13.8 Å². The van der Waals surface area contributed by atoms with E-state index in [1.165, 1.54) is 16.8 Å². The van der Waals surface area contributed by atoms with Crippen molar-refractivity contribution in [2.75, 3.05) is 5.32 Å². The first-order valence-corrected chi connectivity index (χ1v) is 7.55. The Balaban J connectivity index is 2.28. The summed E-state index contributed by atoms with van der Waals surface area (Å²) >= 11 is 12.1. The molecule has 0 fully saturated rings. The Morgan fingerprint density at radius 1 is 1.00 bits per heavy atom. The molecule has 0 aliphatic carbocycles. The SMILES string of the molecule is CCC(Nc1cc(C)ccc1C)c1ccc(Cl)c(Cl)c1. The molecule has 0 amide bonds. The third kappa shape index (κ3) is 3.47. The van der Waals surface area contributed by atoms with Crippen molar-refractivity contribution < 1.29 is 0 Å². The molecule has 0 heterocycles. The summed E-state index contributed by atoms with van der Waals surface area (Å²) in [6.07, 6.45) is 0.978. The van der Waals surface area contributed by atoms with Crippen LogP contribution < -0.4 is 5.32 Å². The van der Waals surface area contributed by atoms with Gasteiger partial charge in [0.25, 0.3) is 0 Å². The fraction of sp³-hybridized carbons (Fsp3) is 0.294. The van der Waals surface area contributed by atoms with E-state index in [1.807, 2.05) is 18.2 Å². The van der Waals surface area contributed by atoms with Gasteiger partial charge in [0.05, 0.1) is 16.1 Å². The van der Waals surface area contributed by atoms with Crippen molar-refractivity contribution in [3.05, 3.63) is 63.1 Å². The van der Waals surface area contributed by atoms with Crippen LogP contribution in [0.3, 0.4) is 0 Å². The van der Waals surface area contributed by atoms with Crippen molar-refractivity contribution in [1.82, 2.24) is 0 Å². The first-order chi connectivity index (χ1) is 9.51. The summed E-state index contributed by atoms with van der Waals surface area (Å²) in [5, 5.41) is 4.80. The Bertz CT molecular complexity index is 608. The second-order valence-corrected chi connectivity index (χ2v) is 5.91. The minimum absolute atomic E-state index is 0.227. The lowest BCUT2D eigenvalue weighted by Gasteiger charge is -2.21. The number of rotatable bonds is 4. The zero-order valence-electron chi connectivity index (χ0n) is 12.0. The Morgan fingerprint density at radius 2 is 1.75 bits per heavy atom. The van der Waals surface area contributed by atoms with E-state index in [9.17, 15) is 0 Å². The summed E-state index contributed by atoms with van der Waals surface area (Å²) in [6, 6.07) is 12.5. The largest absolute Gasteiger partial charge is 0.378 e. The van der Waals surface area contributed by atoms with Crippen LogP contribution in [-0.2, 0) is 0 Å². The summed E-state index contributed by atoms with van der Waals surface area (Å²) in [6.45, 7) is 6.37. The van der Waals surface area contributed by atoms with Crippen LogP contribution in [0.15, 0.2) is 36.4 Å². The maximum atomic E-state index is 6.11. The Morgan fingerprint density at radius 3 is 2.40 bits per heavy atom. The molecule has 0 aliphatic rings. The molecule has 0 bridgehead atoms. The number of aryl methyl sites for hydroxylation is 2. The molecule has 3 heteroatoms. The predicted octanol–water partition coefficient (Wildman–Crippen LogP) is 6.17. The zero-order valence-corrected chi connectivity index (χ0v) is 13.5. The number of hydrogen-bond donors (Lipinski definition) is 1. The van der Waals surface area contributed by atoms with Gasteiger partial charge in [-0.1, -0.05) is 48.3 Å². The first-order valence-electron chi connectivity index (χ1n) is 6.80. The molecule has 106 valence electrons. The van der Waals surface area contributed by atoms with E-state index in [0.29, 0.717) is 10.0 Å². The lowest BCUT2D eigenvalue weighted by molar-refractivity contribution is 0.748. The molecule has 1 N–H and O–H groups in total. The van der Waals surface area contributed by atoms with Gasteiger partial charge in [-0.3, -0.25) is 0 Å². The van der Waals surface area contributed by atoms with E-state index in [0.717, 1.165) is 12.0 Å². The molecule has 0 saturated heterocycles. The second-order valence-electron chi connectivity index (χ2n) is 5.10. The minimum atomic E-state index is 0.227. The average Bonchev–Trinajstić information content (AvgIpc) is 2.43. The van der Waals surface area contributed by atoms with Crippen LogP contribution in [0.1, 0.15) is 36.1 Å². The molecular weight excluding hydrogens is 289 g/mol. The molecular formula is C17H19Cl2N. The van der Waals surface area contributed by atoms with Gasteiger partial charge in [-0.05, 0) is 55.2 Å². The lowest BCUT2D eigenvalue weighted by atomic mass is 10.0. The van der Waals surface area contributed by atoms with Crippen LogP contribution in [0.25, 0.3) is 0 Å². The number of benzene rings is 2. The molecule has 0 spiro atoms. The molecule has 0 radical (unpaired) electrons. The molecule has 1 unspecified atom stereocenters. The highest BCUT2D eigenvalue weighted by molar-refractivity contribution is 6.42. The van der Waals surface area contributed by atoms with Gasteiger partial charge in [-0.25, -0.2) is 0 Å². The summed E-state index contributed by atoms with van der Waals surface area (Å²) in [5.41, 5.74) is 4.82. The van der Waals surface area contributed by atoms with Crippen molar-refractivity contribution in [1.29, 1.82) is 0 Å². The number of halogens is 2. The average molecular weight is 308 g/mol. The quantitative estimate of drug-likeness (QED) is 0.711. The monoisotopic (exact) mass is 307 g/mol. The van der Waals surface area contributed by atoms with Crippen molar-refractivity contribution in [3.8, 4) is 0 Å². The fourth-order valence-corrected chi connectivity index (χ4v) is 2.54. The Hall–Kier alpha value is -1.18. The standard InChI is InChI=1S/C17H19Cl2N/c1-4-16(13-7-8-14(18)15(19)10-13)20-17-9-11(2)5-6-12(17)3/h5-10,16,20H,4H2,1-3H3. The topological polar surface area (TPSA) is 12.0 Å². The summed E-state index contributed by atoms with van der Waals surface area (Å²) < 4.78 is 0. The Kier molecular flexibility index (Phi) is 4.95. The molecule has 0 aliphatic heterocycles. The maximum absolute atomic E-state index is 6.11. The zero-order chi connectivity index (χ0) is 14.7. The normalized spacial score (nSPS) is 12.2. The molecule has 1 atom stereocenters. The predicted molar refractivity (Wildman–Crippen MR) is 89.0 cm³/mol. The molecule has 0 aromatic heterocycles. The van der Waals surface area contributed by atoms with E-state index in [2.05, 4.69) is 44.3 Å². The molecule has 1 nitrogen and oxygen atoms in total. The highest BCUT2D eigenvalue weighted by atomic mass is 35.5. The number of hydrogen-bond acceptors (Lipinski definition) is 1. The summed E-state index contributed by atoms with van der Waals surface area (Å²) in [4.78, 5) is 0. The van der Waals surface area contributed by atoms with Crippen molar-refractivity contribution in [2.24, 2.45) is 0 Å². The van der Waals surface area contributed by atoms with E-state index in [4.69, 9.17) is 23.2 Å². The van der Waals surface area contributed by atoms with E-state index in [1.54, 1.807) is 0 Å². The van der Waals surface area contributed by atoms with Gasteiger partial charge in [0.1, 0.15) is 0 Å². The van der Waals surface area contributed by atoms with E-state index >= 15 is 0 Å². The molecule has 20 heavy (non-hydrogen) atoms. The van der Waals surface area contributed by atoms with Crippen molar-refractivity contribution in [2.45, 2.75) is 33.2 Å². The van der Waals surface area contributed by atoms with Gasteiger partial charge in [-0.2, -0.15) is 0 Å². The Labute approximate surface area is 130 Å². The smallest absolute Gasteiger partial charge is 0.0595 e. The van der Waals surface area contributed by atoms with Gasteiger partial charge >= 0.3 is 0 Å². The first kappa shape index (κ1) is 15.2. The van der Waals surface area contributed by atoms with Crippen LogP contribution >= 0.6 is 23.2 Å². The highest BCUT2D eigenvalue weighted by Crippen LogP contribution is 2.30. The van der Waals surface area contributed by atoms with Gasteiger partial charge in [0, 0.05) is 5.69 Å². The van der Waals surface area contributed by atoms with Gasteiger partial charge < -0.3 is 5.32 Å². The van der Waals surface area contributed by atoms with Crippen LogP contribution in [0.2, 0.25) is 10.0 Å². The molecule has 0 saturated carbocycles. The third-order valence-corrected chi connectivity index (χ3v) is 4.22. The van der Waals surface area contributed by atoms with Crippen LogP contribution in [-0.4, -0.2) is 0 Å². The number of anilines is 1. The van der Waals surface area contributed by atoms with E-state index < -0.39 is 0 Å². The molecule has 2 rings (SSSR count). The lowest BCUT2D eigenvalue weighted by Crippen LogP contribution is -2.10. The third-order valence-electron chi connectivity index (χ3n) is 3.48. The summed E-state index contributed by atoms with van der Waals surface area (Å²) in [5.74, 6) is 0. The molecule has 2 aromatic carbocycles. The van der Waals surface area contributed by atoms with Crippen LogP contribution in [0.5, 0.6) is 0 Å². The molecule has 2 aromatic rings. The maximum Gasteiger partial charge on any atom is 0.0595 e. The van der Waals surface area contributed by atoms with E-state index in [-0.39, 0.29) is 6.04 Å². The fourth-order valence-electron chi connectivity index (χ4n) is 2.23. The second kappa shape index (κ2) is 6.51. The van der Waals surface area contributed by atoms with Gasteiger partial charge in [0.2, 0.25) is 0 Å². The summed E-state index contributed by atoms with van der Waals surface area (Å²) in [7, 11) is 0. The number of nitrogens with one attached hydrogen (secondary N) is 1.